The molecule has 0 fully saturated rings. The molecule has 9 heteroatoms. The van der Waals surface area contributed by atoms with Crippen LogP contribution >= 0.6 is 0 Å². The Balaban J connectivity index is 1.33. The largest absolute Gasteiger partial charge is 0.337 e. The molecule has 2 atom stereocenters. The van der Waals surface area contributed by atoms with Gasteiger partial charge in [-0.1, -0.05) is 18.2 Å². The Hall–Kier alpha value is -3.62. The van der Waals surface area contributed by atoms with Crippen LogP contribution in [0.2, 0.25) is 0 Å². The highest BCUT2D eigenvalue weighted by Gasteiger charge is 2.32. The van der Waals surface area contributed by atoms with Gasteiger partial charge in [0, 0.05) is 18.2 Å². The maximum Gasteiger partial charge on any atom is 0.291 e. The number of amides is 2. The Morgan fingerprint density at radius 2 is 2.03 bits per heavy atom. The number of pyridine rings is 1. The number of nitrogens with zero attached hydrogens (tertiary/aromatic N) is 4. The quantitative estimate of drug-likeness (QED) is 0.693. The van der Waals surface area contributed by atoms with Crippen molar-refractivity contribution in [1.29, 1.82) is 0 Å². The van der Waals surface area contributed by atoms with Gasteiger partial charge in [0.15, 0.2) is 0 Å². The Labute approximate surface area is 171 Å². The number of benzene rings is 1. The average Bonchev–Trinajstić information content (AvgIpc) is 3.29. The fourth-order valence-electron chi connectivity index (χ4n) is 4.04. The smallest absolute Gasteiger partial charge is 0.291 e. The molecule has 30 heavy (non-hydrogen) atoms. The minimum atomic E-state index is -0.715. The molecular formula is C21H19FN6O2. The predicted molar refractivity (Wildman–Crippen MR) is 105 cm³/mol. The van der Waals surface area contributed by atoms with Crippen LogP contribution in [0.25, 0.3) is 0 Å². The first-order valence-electron chi connectivity index (χ1n) is 9.85. The van der Waals surface area contributed by atoms with Gasteiger partial charge in [-0.3, -0.25) is 14.6 Å². The highest BCUT2D eigenvalue weighted by Crippen LogP contribution is 2.31. The molecule has 2 aromatic heterocycles. The van der Waals surface area contributed by atoms with E-state index in [4.69, 9.17) is 0 Å². The zero-order valence-corrected chi connectivity index (χ0v) is 16.0. The summed E-state index contributed by atoms with van der Waals surface area (Å²) < 4.78 is 15.8. The van der Waals surface area contributed by atoms with Gasteiger partial charge >= 0.3 is 0 Å². The SMILES string of the molecule is O=C(N[C@H]1CCc2ncccc2NC1=O)c1nc2n(n1)[C@H](c1ccccc1F)CC2. The fourth-order valence-corrected chi connectivity index (χ4v) is 4.04. The number of fused-ring (bicyclic) bond motifs is 2. The van der Waals surface area contributed by atoms with Crippen LogP contribution in [0.5, 0.6) is 0 Å². The number of hydrogen-bond acceptors (Lipinski definition) is 5. The number of aromatic nitrogens is 4. The van der Waals surface area contributed by atoms with Gasteiger partial charge in [-0.2, -0.15) is 0 Å². The van der Waals surface area contributed by atoms with Crippen molar-refractivity contribution in [3.8, 4) is 0 Å². The molecule has 5 rings (SSSR count). The standard InChI is InChI=1S/C21H19FN6O2/c22-13-5-2-1-4-12(13)17-9-10-18-26-19(27-28(17)18)21(30)25-16-8-7-14-15(24-20(16)29)6-3-11-23-14/h1-6,11,16-17H,7-10H2,(H,24,29)(H,25,30)/t16-,17-/m0/s1. The van der Waals surface area contributed by atoms with Crippen LogP contribution in [-0.4, -0.2) is 37.6 Å². The number of aryl methyl sites for hydroxylation is 2. The Kier molecular flexibility index (Phi) is 4.50. The molecule has 2 aliphatic heterocycles. The molecule has 0 saturated carbocycles. The number of rotatable bonds is 3. The minimum Gasteiger partial charge on any atom is -0.337 e. The van der Waals surface area contributed by atoms with Gasteiger partial charge in [-0.05, 0) is 37.5 Å². The van der Waals surface area contributed by atoms with Crippen molar-refractivity contribution in [3.05, 3.63) is 71.3 Å². The van der Waals surface area contributed by atoms with Gasteiger partial charge < -0.3 is 10.6 Å². The fraction of sp³-hybridized carbons (Fsp3) is 0.286. The van der Waals surface area contributed by atoms with E-state index in [9.17, 15) is 14.0 Å². The van der Waals surface area contributed by atoms with Gasteiger partial charge in [-0.15, -0.1) is 5.10 Å². The topological polar surface area (TPSA) is 102 Å². The summed E-state index contributed by atoms with van der Waals surface area (Å²) in [5, 5.41) is 9.85. The first-order chi connectivity index (χ1) is 14.6. The second-order valence-corrected chi connectivity index (χ2v) is 7.42. The number of hydrogen-bond donors (Lipinski definition) is 2. The second kappa shape index (κ2) is 7.33. The van der Waals surface area contributed by atoms with Crippen LogP contribution in [0.15, 0.2) is 42.6 Å². The first kappa shape index (κ1) is 18.4. The molecule has 0 unspecified atom stereocenters. The monoisotopic (exact) mass is 406 g/mol. The lowest BCUT2D eigenvalue weighted by atomic mass is 10.0. The molecule has 152 valence electrons. The van der Waals surface area contributed by atoms with E-state index >= 15 is 0 Å². The number of nitrogens with one attached hydrogen (secondary N) is 2. The second-order valence-electron chi connectivity index (χ2n) is 7.42. The Bertz CT molecular complexity index is 1140. The van der Waals surface area contributed by atoms with Gasteiger partial charge in [0.05, 0.1) is 17.4 Å². The molecule has 2 N–H and O–H groups in total. The van der Waals surface area contributed by atoms with Crippen LogP contribution in [0, 0.1) is 5.82 Å². The van der Waals surface area contributed by atoms with E-state index in [1.165, 1.54) is 6.07 Å². The first-order valence-corrected chi connectivity index (χ1v) is 9.85. The molecule has 0 spiro atoms. The molecule has 0 saturated heterocycles. The van der Waals surface area contributed by atoms with E-state index in [2.05, 4.69) is 25.7 Å². The maximum absolute atomic E-state index is 14.2. The third-order valence-corrected chi connectivity index (χ3v) is 5.55. The van der Waals surface area contributed by atoms with Crippen molar-refractivity contribution in [3.63, 3.8) is 0 Å². The zero-order valence-electron chi connectivity index (χ0n) is 16.0. The lowest BCUT2D eigenvalue weighted by molar-refractivity contribution is -0.118. The summed E-state index contributed by atoms with van der Waals surface area (Å²) in [6.45, 7) is 0. The van der Waals surface area contributed by atoms with Crippen molar-refractivity contribution >= 4 is 17.5 Å². The molecule has 8 nitrogen and oxygen atoms in total. The maximum atomic E-state index is 14.2. The summed E-state index contributed by atoms with van der Waals surface area (Å²) in [5.74, 6) is -0.511. The van der Waals surface area contributed by atoms with E-state index < -0.39 is 11.9 Å². The normalized spacial score (nSPS) is 20.1. The number of carbonyl (C=O) groups is 2. The van der Waals surface area contributed by atoms with E-state index in [-0.39, 0.29) is 23.6 Å². The van der Waals surface area contributed by atoms with Crippen LogP contribution in [-0.2, 0) is 17.6 Å². The van der Waals surface area contributed by atoms with Crippen LogP contribution in [0.1, 0.15) is 46.6 Å². The molecule has 0 aliphatic carbocycles. The third kappa shape index (κ3) is 3.22. The predicted octanol–water partition coefficient (Wildman–Crippen LogP) is 2.03. The summed E-state index contributed by atoms with van der Waals surface area (Å²) in [7, 11) is 0. The van der Waals surface area contributed by atoms with Crippen molar-refractivity contribution in [2.45, 2.75) is 37.8 Å². The average molecular weight is 406 g/mol. The summed E-state index contributed by atoms with van der Waals surface area (Å²) in [6, 6.07) is 9.08. The Morgan fingerprint density at radius 3 is 2.90 bits per heavy atom. The van der Waals surface area contributed by atoms with Crippen molar-refractivity contribution in [2.75, 3.05) is 5.32 Å². The Morgan fingerprint density at radius 1 is 1.17 bits per heavy atom. The lowest BCUT2D eigenvalue weighted by Gasteiger charge is -2.14. The van der Waals surface area contributed by atoms with E-state index in [1.54, 1.807) is 41.2 Å². The highest BCUT2D eigenvalue weighted by atomic mass is 19.1. The van der Waals surface area contributed by atoms with Crippen molar-refractivity contribution in [2.24, 2.45) is 0 Å². The van der Waals surface area contributed by atoms with Crippen molar-refractivity contribution in [1.82, 2.24) is 25.1 Å². The summed E-state index contributed by atoms with van der Waals surface area (Å²) in [5.41, 5.74) is 1.97. The van der Waals surface area contributed by atoms with E-state index in [0.717, 1.165) is 5.69 Å². The molecule has 0 bridgehead atoms. The van der Waals surface area contributed by atoms with Gasteiger partial charge in [0.2, 0.25) is 11.7 Å². The number of anilines is 1. The van der Waals surface area contributed by atoms with Crippen LogP contribution in [0.3, 0.4) is 0 Å². The molecule has 3 aromatic rings. The number of carbonyl (C=O) groups excluding carboxylic acids is 2. The molecular weight excluding hydrogens is 387 g/mol. The molecule has 1 aromatic carbocycles. The zero-order chi connectivity index (χ0) is 20.7. The van der Waals surface area contributed by atoms with Gasteiger partial charge in [-0.25, -0.2) is 14.1 Å². The number of halogens is 1. The summed E-state index contributed by atoms with van der Waals surface area (Å²) in [4.78, 5) is 33.9. The summed E-state index contributed by atoms with van der Waals surface area (Å²) in [6.07, 6.45) is 3.93. The van der Waals surface area contributed by atoms with Crippen molar-refractivity contribution < 1.29 is 14.0 Å². The van der Waals surface area contributed by atoms with Gasteiger partial charge in [0.1, 0.15) is 17.7 Å². The molecule has 4 heterocycles. The van der Waals surface area contributed by atoms with Gasteiger partial charge in [0.25, 0.3) is 5.91 Å². The highest BCUT2D eigenvalue weighted by molar-refractivity contribution is 6.00. The van der Waals surface area contributed by atoms with E-state index in [0.29, 0.717) is 42.8 Å². The summed E-state index contributed by atoms with van der Waals surface area (Å²) >= 11 is 0. The molecule has 2 aliphatic rings. The van der Waals surface area contributed by atoms with Crippen LogP contribution in [0.4, 0.5) is 10.1 Å². The van der Waals surface area contributed by atoms with Crippen LogP contribution < -0.4 is 10.6 Å². The minimum absolute atomic E-state index is 0.0151. The van der Waals surface area contributed by atoms with E-state index in [1.807, 2.05) is 0 Å². The lowest BCUT2D eigenvalue weighted by Crippen LogP contribution is -2.43. The third-order valence-electron chi connectivity index (χ3n) is 5.55. The molecule has 2 amide bonds. The molecule has 0 radical (unpaired) electrons.